The molecule has 0 rings (SSSR count). The molecule has 0 heterocycles. The highest BCUT2D eigenvalue weighted by Gasteiger charge is 2.32. The maximum absolute atomic E-state index is 12.7. The standard InChI is InChI=1S/C17H29N5O8S/c1-7(2)13(16(28)21-10(17(29)30)5-12(24)25)22-15(27)9(3-4-11(19)23)20-14(26)8(18)6-31/h7-10,13,31H,3-6,18H2,1-2H3,(H2,19,23)(H,20,26)(H,21,28)(H,22,27)(H,24,25)(H,29,30). The van der Waals surface area contributed by atoms with E-state index in [0.717, 1.165) is 0 Å². The lowest BCUT2D eigenvalue weighted by Crippen LogP contribution is -2.58. The predicted molar refractivity (Wildman–Crippen MR) is 111 cm³/mol. The summed E-state index contributed by atoms with van der Waals surface area (Å²) in [4.78, 5) is 70.3. The molecule has 0 spiro atoms. The average Bonchev–Trinajstić information content (AvgIpc) is 2.66. The van der Waals surface area contributed by atoms with E-state index in [-0.39, 0.29) is 18.6 Å². The summed E-state index contributed by atoms with van der Waals surface area (Å²) in [6.45, 7) is 3.12. The maximum atomic E-state index is 12.7. The van der Waals surface area contributed by atoms with Crippen LogP contribution in [-0.4, -0.2) is 75.7 Å². The Kier molecular flexibility index (Phi) is 12.2. The van der Waals surface area contributed by atoms with Crippen molar-refractivity contribution in [1.82, 2.24) is 16.0 Å². The first-order chi connectivity index (χ1) is 14.3. The highest BCUT2D eigenvalue weighted by Crippen LogP contribution is 2.06. The van der Waals surface area contributed by atoms with Crippen molar-refractivity contribution < 1.29 is 39.0 Å². The number of amides is 4. The van der Waals surface area contributed by atoms with Crippen LogP contribution in [0.4, 0.5) is 0 Å². The number of aliphatic carboxylic acids is 2. The third-order valence-corrected chi connectivity index (χ3v) is 4.48. The summed E-state index contributed by atoms with van der Waals surface area (Å²) in [6.07, 6.45) is -1.28. The van der Waals surface area contributed by atoms with Crippen LogP contribution in [0.15, 0.2) is 0 Å². The molecule has 9 N–H and O–H groups in total. The van der Waals surface area contributed by atoms with Gasteiger partial charge < -0.3 is 37.6 Å². The van der Waals surface area contributed by atoms with Crippen molar-refractivity contribution in [3.63, 3.8) is 0 Å². The molecule has 0 aliphatic carbocycles. The van der Waals surface area contributed by atoms with Crippen molar-refractivity contribution in [1.29, 1.82) is 0 Å². The van der Waals surface area contributed by atoms with Crippen LogP contribution in [0.1, 0.15) is 33.1 Å². The van der Waals surface area contributed by atoms with E-state index >= 15 is 0 Å². The second-order valence-corrected chi connectivity index (χ2v) is 7.45. The van der Waals surface area contributed by atoms with E-state index in [1.54, 1.807) is 13.8 Å². The van der Waals surface area contributed by atoms with Crippen LogP contribution >= 0.6 is 12.6 Å². The number of primary amides is 1. The molecular weight excluding hydrogens is 434 g/mol. The van der Waals surface area contributed by atoms with Gasteiger partial charge in [-0.15, -0.1) is 0 Å². The molecule has 0 saturated carbocycles. The molecule has 13 nitrogen and oxygen atoms in total. The Balaban J connectivity index is 5.45. The van der Waals surface area contributed by atoms with Gasteiger partial charge in [0.05, 0.1) is 12.5 Å². The molecule has 0 saturated heterocycles. The number of rotatable bonds is 14. The topological polar surface area (TPSA) is 231 Å². The summed E-state index contributed by atoms with van der Waals surface area (Å²) in [5.74, 6) is -6.73. The van der Waals surface area contributed by atoms with Crippen molar-refractivity contribution >= 4 is 48.2 Å². The van der Waals surface area contributed by atoms with Crippen LogP contribution in [0.5, 0.6) is 0 Å². The second kappa shape index (κ2) is 13.4. The normalized spacial score (nSPS) is 14.6. The molecule has 0 bridgehead atoms. The van der Waals surface area contributed by atoms with E-state index in [2.05, 4.69) is 28.6 Å². The molecule has 0 radical (unpaired) electrons. The fourth-order valence-electron chi connectivity index (χ4n) is 2.34. The number of carbonyl (C=O) groups is 6. The Morgan fingerprint density at radius 2 is 1.45 bits per heavy atom. The molecule has 0 aromatic carbocycles. The molecule has 4 atom stereocenters. The summed E-state index contributed by atoms with van der Waals surface area (Å²) in [5.41, 5.74) is 10.7. The number of thiol groups is 1. The fourth-order valence-corrected chi connectivity index (χ4v) is 2.51. The van der Waals surface area contributed by atoms with Gasteiger partial charge in [0, 0.05) is 12.2 Å². The van der Waals surface area contributed by atoms with Crippen LogP contribution in [0.3, 0.4) is 0 Å². The number of hydrogen-bond donors (Lipinski definition) is 8. The number of hydrogen-bond acceptors (Lipinski definition) is 8. The Morgan fingerprint density at radius 1 is 0.903 bits per heavy atom. The number of carboxylic acid groups (broad SMARTS) is 2. The van der Waals surface area contributed by atoms with E-state index in [1.807, 2.05) is 0 Å². The molecular formula is C17H29N5O8S. The number of nitrogens with one attached hydrogen (secondary N) is 3. The first kappa shape index (κ1) is 28.1. The van der Waals surface area contributed by atoms with Crippen molar-refractivity contribution in [3.05, 3.63) is 0 Å². The first-order valence-corrected chi connectivity index (χ1v) is 9.93. The van der Waals surface area contributed by atoms with Crippen molar-refractivity contribution in [3.8, 4) is 0 Å². The third-order valence-electron chi connectivity index (χ3n) is 4.09. The second-order valence-electron chi connectivity index (χ2n) is 7.08. The summed E-state index contributed by atoms with van der Waals surface area (Å²) in [6, 6.07) is -5.24. The van der Waals surface area contributed by atoms with Crippen LogP contribution in [0, 0.1) is 5.92 Å². The van der Waals surface area contributed by atoms with Gasteiger partial charge in [-0.2, -0.15) is 12.6 Å². The number of carboxylic acids is 2. The third kappa shape index (κ3) is 10.6. The fraction of sp³-hybridized carbons (Fsp3) is 0.647. The quantitative estimate of drug-likeness (QED) is 0.124. The van der Waals surface area contributed by atoms with Crippen molar-refractivity contribution in [2.75, 3.05) is 5.75 Å². The zero-order valence-electron chi connectivity index (χ0n) is 17.2. The monoisotopic (exact) mass is 463 g/mol. The SMILES string of the molecule is CC(C)C(NC(=O)C(CCC(N)=O)NC(=O)C(N)CS)C(=O)NC(CC(=O)O)C(=O)O. The van der Waals surface area contributed by atoms with Gasteiger partial charge in [0.2, 0.25) is 23.6 Å². The van der Waals surface area contributed by atoms with E-state index in [9.17, 15) is 28.8 Å². The van der Waals surface area contributed by atoms with E-state index in [4.69, 9.17) is 21.7 Å². The highest BCUT2D eigenvalue weighted by molar-refractivity contribution is 7.80. The smallest absolute Gasteiger partial charge is 0.326 e. The van der Waals surface area contributed by atoms with Crippen molar-refractivity contribution in [2.45, 2.75) is 57.3 Å². The van der Waals surface area contributed by atoms with Crippen LogP contribution in [0.2, 0.25) is 0 Å². The minimum atomic E-state index is -1.71. The van der Waals surface area contributed by atoms with E-state index in [0.29, 0.717) is 0 Å². The van der Waals surface area contributed by atoms with Crippen molar-refractivity contribution in [2.24, 2.45) is 17.4 Å². The Bertz CT molecular complexity index is 702. The molecule has 0 aromatic rings. The van der Waals surface area contributed by atoms with Crippen LogP contribution in [0.25, 0.3) is 0 Å². The predicted octanol–water partition coefficient (Wildman–Crippen LogP) is -2.82. The molecule has 31 heavy (non-hydrogen) atoms. The number of carbonyl (C=O) groups excluding carboxylic acids is 4. The van der Waals surface area contributed by atoms with E-state index < -0.39 is 72.1 Å². The average molecular weight is 464 g/mol. The minimum absolute atomic E-state index is 0.00677. The molecule has 4 unspecified atom stereocenters. The summed E-state index contributed by atoms with van der Waals surface area (Å²) >= 11 is 3.89. The van der Waals surface area contributed by atoms with Gasteiger partial charge in [-0.3, -0.25) is 24.0 Å². The Morgan fingerprint density at radius 3 is 1.87 bits per heavy atom. The van der Waals surface area contributed by atoms with Gasteiger partial charge in [0.15, 0.2) is 0 Å². The molecule has 4 amide bonds. The van der Waals surface area contributed by atoms with Gasteiger partial charge in [-0.1, -0.05) is 13.8 Å². The van der Waals surface area contributed by atoms with Crippen LogP contribution in [-0.2, 0) is 28.8 Å². The van der Waals surface area contributed by atoms with Gasteiger partial charge in [0.1, 0.15) is 18.1 Å². The zero-order chi connectivity index (χ0) is 24.3. The Hall–Kier alpha value is -2.87. The molecule has 0 aliphatic rings. The van der Waals surface area contributed by atoms with Gasteiger partial charge in [0.25, 0.3) is 0 Å². The molecule has 14 heteroatoms. The van der Waals surface area contributed by atoms with E-state index in [1.165, 1.54) is 0 Å². The number of nitrogens with two attached hydrogens (primary N) is 2. The minimum Gasteiger partial charge on any atom is -0.481 e. The van der Waals surface area contributed by atoms with Gasteiger partial charge >= 0.3 is 11.9 Å². The largest absolute Gasteiger partial charge is 0.481 e. The highest BCUT2D eigenvalue weighted by atomic mass is 32.1. The lowest BCUT2D eigenvalue weighted by molar-refractivity contribution is -0.147. The lowest BCUT2D eigenvalue weighted by Gasteiger charge is -2.26. The molecule has 0 aliphatic heterocycles. The van der Waals surface area contributed by atoms with Gasteiger partial charge in [-0.05, 0) is 12.3 Å². The summed E-state index contributed by atoms with van der Waals surface area (Å²) in [7, 11) is 0. The van der Waals surface area contributed by atoms with Crippen LogP contribution < -0.4 is 27.4 Å². The molecule has 0 aromatic heterocycles. The summed E-state index contributed by atoms with van der Waals surface area (Å²) < 4.78 is 0. The molecule has 176 valence electrons. The zero-order valence-corrected chi connectivity index (χ0v) is 18.1. The Labute approximate surface area is 184 Å². The maximum Gasteiger partial charge on any atom is 0.326 e. The summed E-state index contributed by atoms with van der Waals surface area (Å²) in [5, 5.41) is 24.7. The van der Waals surface area contributed by atoms with Gasteiger partial charge in [-0.25, -0.2) is 4.79 Å². The molecule has 0 fully saturated rings. The lowest BCUT2D eigenvalue weighted by atomic mass is 10.0. The first-order valence-electron chi connectivity index (χ1n) is 9.30.